The molecule has 3 atom stereocenters. The smallest absolute Gasteiger partial charge is 0.242 e. The van der Waals surface area contributed by atoms with Gasteiger partial charge >= 0.3 is 0 Å². The van der Waals surface area contributed by atoms with Crippen molar-refractivity contribution in [2.24, 2.45) is 11.7 Å². The molecule has 0 radical (unpaired) electrons. The minimum Gasteiger partial charge on any atom is -0.381 e. The third-order valence-electron chi connectivity index (χ3n) is 3.89. The normalized spacial score (nSPS) is 23.9. The van der Waals surface area contributed by atoms with Gasteiger partial charge in [0, 0.05) is 6.04 Å². The highest BCUT2D eigenvalue weighted by Crippen LogP contribution is 2.26. The van der Waals surface area contributed by atoms with Crippen molar-refractivity contribution in [3.05, 3.63) is 18.3 Å². The van der Waals surface area contributed by atoms with Crippen molar-refractivity contribution in [2.45, 2.75) is 51.6 Å². The van der Waals surface area contributed by atoms with Crippen LogP contribution in [0, 0.1) is 5.92 Å². The highest BCUT2D eigenvalue weighted by molar-refractivity contribution is 5.93. The Morgan fingerprint density at radius 2 is 2.15 bits per heavy atom. The molecule has 3 unspecified atom stereocenters. The first kappa shape index (κ1) is 14.8. The number of carbonyl (C=O) groups is 1. The van der Waals surface area contributed by atoms with Crippen molar-refractivity contribution in [1.29, 1.82) is 0 Å². The summed E-state index contributed by atoms with van der Waals surface area (Å²) in [5.41, 5.74) is 6.50. The van der Waals surface area contributed by atoms with Crippen molar-refractivity contribution in [3.8, 4) is 0 Å². The molecule has 2 rings (SSSR count). The molecule has 110 valence electrons. The first-order valence-corrected chi connectivity index (χ1v) is 7.35. The number of hydrogen-bond acceptors (Lipinski definition) is 4. The van der Waals surface area contributed by atoms with Crippen LogP contribution in [0.15, 0.2) is 18.3 Å². The van der Waals surface area contributed by atoms with Gasteiger partial charge in [-0.1, -0.05) is 19.8 Å². The van der Waals surface area contributed by atoms with E-state index in [0.717, 1.165) is 5.69 Å². The molecule has 4 N–H and O–H groups in total. The van der Waals surface area contributed by atoms with E-state index in [0.29, 0.717) is 17.8 Å². The second kappa shape index (κ2) is 6.70. The molecular formula is C15H24N4O. The van der Waals surface area contributed by atoms with Crippen LogP contribution in [0.5, 0.6) is 0 Å². The number of nitrogens with two attached hydrogens (primary N) is 1. The Labute approximate surface area is 120 Å². The fourth-order valence-corrected chi connectivity index (χ4v) is 2.54. The minimum absolute atomic E-state index is 0.223. The lowest BCUT2D eigenvalue weighted by Crippen LogP contribution is -2.32. The molecule has 1 amide bonds. The van der Waals surface area contributed by atoms with E-state index in [-0.39, 0.29) is 5.91 Å². The fraction of sp³-hybridized carbons (Fsp3) is 0.600. The number of nitrogens with one attached hydrogen (secondary N) is 2. The van der Waals surface area contributed by atoms with E-state index in [4.69, 9.17) is 5.73 Å². The molecule has 1 aliphatic carbocycles. The maximum absolute atomic E-state index is 11.5. The highest BCUT2D eigenvalue weighted by atomic mass is 16.2. The first-order valence-electron chi connectivity index (χ1n) is 7.35. The largest absolute Gasteiger partial charge is 0.381 e. The second-order valence-corrected chi connectivity index (χ2v) is 5.72. The van der Waals surface area contributed by atoms with Crippen LogP contribution in [-0.2, 0) is 4.79 Å². The summed E-state index contributed by atoms with van der Waals surface area (Å²) in [4.78, 5) is 15.7. The van der Waals surface area contributed by atoms with Crippen LogP contribution in [-0.4, -0.2) is 23.0 Å². The molecule has 0 saturated heterocycles. The van der Waals surface area contributed by atoms with Gasteiger partial charge in [0.2, 0.25) is 5.91 Å². The number of rotatable bonds is 4. The molecule has 0 aromatic carbocycles. The van der Waals surface area contributed by atoms with E-state index < -0.39 is 6.04 Å². The molecule has 1 heterocycles. The lowest BCUT2D eigenvalue weighted by molar-refractivity contribution is -0.117. The number of amides is 1. The summed E-state index contributed by atoms with van der Waals surface area (Å²) >= 11 is 0. The summed E-state index contributed by atoms with van der Waals surface area (Å²) in [6, 6.07) is 3.74. The van der Waals surface area contributed by atoms with Gasteiger partial charge in [-0.25, -0.2) is 4.98 Å². The van der Waals surface area contributed by atoms with Gasteiger partial charge in [0.15, 0.2) is 0 Å². The minimum atomic E-state index is -0.530. The van der Waals surface area contributed by atoms with Gasteiger partial charge in [-0.05, 0) is 37.8 Å². The van der Waals surface area contributed by atoms with Crippen LogP contribution in [0.3, 0.4) is 0 Å². The van der Waals surface area contributed by atoms with E-state index in [1.165, 1.54) is 25.7 Å². The second-order valence-electron chi connectivity index (χ2n) is 5.72. The van der Waals surface area contributed by atoms with E-state index in [1.807, 2.05) is 6.07 Å². The van der Waals surface area contributed by atoms with Crippen molar-refractivity contribution in [2.75, 3.05) is 10.6 Å². The van der Waals surface area contributed by atoms with Crippen molar-refractivity contribution >= 4 is 17.4 Å². The molecule has 1 saturated carbocycles. The summed E-state index contributed by atoms with van der Waals surface area (Å²) < 4.78 is 0. The Kier molecular flexibility index (Phi) is 4.95. The Morgan fingerprint density at radius 1 is 1.40 bits per heavy atom. The Balaban J connectivity index is 1.92. The zero-order chi connectivity index (χ0) is 14.5. The molecule has 0 aliphatic heterocycles. The van der Waals surface area contributed by atoms with Crippen molar-refractivity contribution in [3.63, 3.8) is 0 Å². The number of nitrogens with zero attached hydrogens (tertiary/aromatic N) is 1. The maximum atomic E-state index is 11.5. The van der Waals surface area contributed by atoms with Crippen LogP contribution in [0.25, 0.3) is 0 Å². The number of hydrogen-bond donors (Lipinski definition) is 3. The van der Waals surface area contributed by atoms with E-state index in [9.17, 15) is 4.79 Å². The van der Waals surface area contributed by atoms with Crippen molar-refractivity contribution < 1.29 is 4.79 Å². The van der Waals surface area contributed by atoms with Crippen molar-refractivity contribution in [1.82, 2.24) is 4.98 Å². The summed E-state index contributed by atoms with van der Waals surface area (Å²) in [6.45, 7) is 3.94. The molecule has 5 heteroatoms. The first-order chi connectivity index (χ1) is 9.56. The maximum Gasteiger partial charge on any atom is 0.242 e. The molecule has 1 aromatic rings. The summed E-state index contributed by atoms with van der Waals surface area (Å²) in [6.07, 6.45) is 6.88. The molecule has 5 nitrogen and oxygen atoms in total. The summed E-state index contributed by atoms with van der Waals surface area (Å²) in [5, 5.41) is 6.21. The average Bonchev–Trinajstić information content (AvgIpc) is 2.43. The van der Waals surface area contributed by atoms with Gasteiger partial charge in [0.1, 0.15) is 5.82 Å². The van der Waals surface area contributed by atoms with Gasteiger partial charge in [-0.3, -0.25) is 4.79 Å². The van der Waals surface area contributed by atoms with Gasteiger partial charge in [-0.2, -0.15) is 0 Å². The SMILES string of the molecule is CC(N)C(=O)Nc1ccc(NC2CCCCC2C)cn1. The van der Waals surface area contributed by atoms with Gasteiger partial charge in [0.25, 0.3) is 0 Å². The topological polar surface area (TPSA) is 80.0 Å². The predicted molar refractivity (Wildman–Crippen MR) is 81.6 cm³/mol. The van der Waals surface area contributed by atoms with Crippen LogP contribution < -0.4 is 16.4 Å². The predicted octanol–water partition coefficient (Wildman–Crippen LogP) is 2.36. The third kappa shape index (κ3) is 3.93. The van der Waals surface area contributed by atoms with Crippen LogP contribution in [0.1, 0.15) is 39.5 Å². The highest BCUT2D eigenvalue weighted by Gasteiger charge is 2.20. The molecule has 20 heavy (non-hydrogen) atoms. The Hall–Kier alpha value is -1.62. The average molecular weight is 276 g/mol. The molecule has 0 bridgehead atoms. The zero-order valence-corrected chi connectivity index (χ0v) is 12.2. The van der Waals surface area contributed by atoms with Crippen LogP contribution in [0.4, 0.5) is 11.5 Å². The summed E-state index contributed by atoms with van der Waals surface area (Å²) in [5.74, 6) is 1.01. The van der Waals surface area contributed by atoms with Gasteiger partial charge in [-0.15, -0.1) is 0 Å². The standard InChI is InChI=1S/C15H24N4O/c1-10-5-3-4-6-13(10)18-12-7-8-14(17-9-12)19-15(20)11(2)16/h7-11,13,18H,3-6,16H2,1-2H3,(H,17,19,20). The molecule has 1 aromatic heterocycles. The van der Waals surface area contributed by atoms with Crippen LogP contribution in [0.2, 0.25) is 0 Å². The molecule has 1 fully saturated rings. The lowest BCUT2D eigenvalue weighted by Gasteiger charge is -2.30. The van der Waals surface area contributed by atoms with E-state index >= 15 is 0 Å². The van der Waals surface area contributed by atoms with Crippen LogP contribution >= 0.6 is 0 Å². The summed E-state index contributed by atoms with van der Waals surface area (Å²) in [7, 11) is 0. The number of carbonyl (C=O) groups excluding carboxylic acids is 1. The van der Waals surface area contributed by atoms with E-state index in [1.54, 1.807) is 19.2 Å². The lowest BCUT2D eigenvalue weighted by atomic mass is 9.86. The Bertz CT molecular complexity index is 444. The number of aromatic nitrogens is 1. The van der Waals surface area contributed by atoms with Gasteiger partial charge in [0.05, 0.1) is 17.9 Å². The molecule has 0 spiro atoms. The fourth-order valence-electron chi connectivity index (χ4n) is 2.54. The van der Waals surface area contributed by atoms with Gasteiger partial charge < -0.3 is 16.4 Å². The monoisotopic (exact) mass is 276 g/mol. The number of pyridine rings is 1. The third-order valence-corrected chi connectivity index (χ3v) is 3.89. The quantitative estimate of drug-likeness (QED) is 0.788. The number of anilines is 2. The Morgan fingerprint density at radius 3 is 2.75 bits per heavy atom. The van der Waals surface area contributed by atoms with E-state index in [2.05, 4.69) is 22.5 Å². The molecular weight excluding hydrogens is 252 g/mol. The zero-order valence-electron chi connectivity index (χ0n) is 12.2. The molecule has 1 aliphatic rings.